The molecule has 0 unspecified atom stereocenters. The lowest BCUT2D eigenvalue weighted by atomic mass is 10.2. The van der Waals surface area contributed by atoms with Gasteiger partial charge < -0.3 is 9.32 Å². The van der Waals surface area contributed by atoms with E-state index in [1.54, 1.807) is 24.1 Å². The highest BCUT2D eigenvalue weighted by atomic mass is 35.5. The van der Waals surface area contributed by atoms with Crippen LogP contribution in [0.5, 0.6) is 0 Å². The Balaban J connectivity index is 1.78. The number of fused-ring (bicyclic) bond motifs is 1. The molecule has 1 heterocycles. The molecule has 0 bridgehead atoms. The predicted octanol–water partition coefficient (Wildman–Crippen LogP) is 4.76. The Morgan fingerprint density at radius 2 is 1.91 bits per heavy atom. The summed E-state index contributed by atoms with van der Waals surface area (Å²) in [4.78, 5) is 13.7. The molecular weight excluding hydrogens is 298 g/mol. The lowest BCUT2D eigenvalue weighted by Gasteiger charge is -2.14. The molecule has 3 aromatic rings. The quantitative estimate of drug-likeness (QED) is 0.653. The summed E-state index contributed by atoms with van der Waals surface area (Å²) in [6.07, 6.45) is 3.15. The number of benzene rings is 2. The van der Waals surface area contributed by atoms with Crippen LogP contribution in [-0.4, -0.2) is 13.0 Å². The first-order valence-electron chi connectivity index (χ1n) is 6.83. The molecule has 0 atom stereocenters. The molecule has 22 heavy (non-hydrogen) atoms. The van der Waals surface area contributed by atoms with Crippen molar-refractivity contribution in [3.05, 3.63) is 71.5 Å². The number of halogens is 1. The number of hydrogen-bond donors (Lipinski definition) is 0. The van der Waals surface area contributed by atoms with Gasteiger partial charge in [0.2, 0.25) is 0 Å². The lowest BCUT2D eigenvalue weighted by molar-refractivity contribution is -0.113. The SMILES string of the molecule is CN(C(=O)/C=C/c1cc2cc(Cl)ccc2o1)c1ccccc1. The van der Waals surface area contributed by atoms with Crippen LogP contribution in [0.2, 0.25) is 5.02 Å². The molecule has 0 radical (unpaired) electrons. The first-order valence-corrected chi connectivity index (χ1v) is 7.21. The van der Waals surface area contributed by atoms with Crippen molar-refractivity contribution in [2.75, 3.05) is 11.9 Å². The summed E-state index contributed by atoms with van der Waals surface area (Å²) >= 11 is 5.94. The fourth-order valence-electron chi connectivity index (χ4n) is 2.16. The molecule has 0 N–H and O–H groups in total. The topological polar surface area (TPSA) is 33.5 Å². The lowest BCUT2D eigenvalue weighted by Crippen LogP contribution is -2.23. The molecule has 0 aliphatic carbocycles. The Morgan fingerprint density at radius 1 is 1.14 bits per heavy atom. The summed E-state index contributed by atoms with van der Waals surface area (Å²) in [7, 11) is 1.74. The van der Waals surface area contributed by atoms with Crippen LogP contribution >= 0.6 is 11.6 Å². The predicted molar refractivity (Wildman–Crippen MR) is 90.1 cm³/mol. The number of carbonyl (C=O) groups excluding carboxylic acids is 1. The molecule has 0 saturated heterocycles. The first-order chi connectivity index (χ1) is 10.6. The summed E-state index contributed by atoms with van der Waals surface area (Å²) in [6, 6.07) is 16.7. The van der Waals surface area contributed by atoms with Crippen molar-refractivity contribution in [1.29, 1.82) is 0 Å². The van der Waals surface area contributed by atoms with Gasteiger partial charge in [0.15, 0.2) is 0 Å². The van der Waals surface area contributed by atoms with Crippen LogP contribution in [0.3, 0.4) is 0 Å². The number of amides is 1. The summed E-state index contributed by atoms with van der Waals surface area (Å²) in [5.41, 5.74) is 1.58. The average molecular weight is 312 g/mol. The number of rotatable bonds is 3. The first kappa shape index (κ1) is 14.4. The van der Waals surface area contributed by atoms with Gasteiger partial charge in [0.05, 0.1) is 0 Å². The van der Waals surface area contributed by atoms with Crippen LogP contribution in [0.4, 0.5) is 5.69 Å². The molecule has 110 valence electrons. The summed E-state index contributed by atoms with van der Waals surface area (Å²) in [6.45, 7) is 0. The average Bonchev–Trinajstić information content (AvgIpc) is 2.94. The number of hydrogen-bond acceptors (Lipinski definition) is 2. The van der Waals surface area contributed by atoms with Crippen molar-refractivity contribution in [3.8, 4) is 0 Å². The smallest absolute Gasteiger partial charge is 0.250 e. The molecule has 0 aliphatic heterocycles. The van der Waals surface area contributed by atoms with Crippen LogP contribution in [0.25, 0.3) is 17.0 Å². The van der Waals surface area contributed by atoms with Gasteiger partial charge >= 0.3 is 0 Å². The van der Waals surface area contributed by atoms with Gasteiger partial charge in [0, 0.05) is 29.2 Å². The minimum atomic E-state index is -0.121. The van der Waals surface area contributed by atoms with E-state index >= 15 is 0 Å². The van der Waals surface area contributed by atoms with Gasteiger partial charge in [-0.2, -0.15) is 0 Å². The maximum atomic E-state index is 12.2. The van der Waals surface area contributed by atoms with E-state index in [1.165, 1.54) is 6.08 Å². The van der Waals surface area contributed by atoms with Crippen LogP contribution < -0.4 is 4.90 Å². The van der Waals surface area contributed by atoms with Crippen molar-refractivity contribution in [3.63, 3.8) is 0 Å². The van der Waals surface area contributed by atoms with Crippen LogP contribution in [0, 0.1) is 0 Å². The zero-order valence-electron chi connectivity index (χ0n) is 12.0. The summed E-state index contributed by atoms with van der Waals surface area (Å²) in [5.74, 6) is 0.497. The fraction of sp³-hybridized carbons (Fsp3) is 0.0556. The monoisotopic (exact) mass is 311 g/mol. The Kier molecular flexibility index (Phi) is 3.98. The van der Waals surface area contributed by atoms with Gasteiger partial charge in [-0.1, -0.05) is 29.8 Å². The van der Waals surface area contributed by atoms with Gasteiger partial charge in [-0.05, 0) is 42.5 Å². The maximum Gasteiger partial charge on any atom is 0.250 e. The number of anilines is 1. The number of likely N-dealkylation sites (N-methyl/N-ethyl adjacent to an activating group) is 1. The third kappa shape index (κ3) is 3.05. The standard InChI is InChI=1S/C18H14ClNO2/c1-20(15-5-3-2-4-6-15)18(21)10-8-16-12-13-11-14(19)7-9-17(13)22-16/h2-12H,1H3/b10-8+. The third-order valence-electron chi connectivity index (χ3n) is 3.36. The Labute approximate surface area is 133 Å². The van der Waals surface area contributed by atoms with Crippen LogP contribution in [0.15, 0.2) is 65.1 Å². The minimum Gasteiger partial charge on any atom is -0.457 e. The highest BCUT2D eigenvalue weighted by molar-refractivity contribution is 6.31. The van der Waals surface area contributed by atoms with Crippen molar-refractivity contribution in [2.24, 2.45) is 0 Å². The molecule has 3 nitrogen and oxygen atoms in total. The number of nitrogens with zero attached hydrogens (tertiary/aromatic N) is 1. The van der Waals surface area contributed by atoms with Gasteiger partial charge in [-0.25, -0.2) is 0 Å². The number of carbonyl (C=O) groups is 1. The van der Waals surface area contributed by atoms with E-state index in [-0.39, 0.29) is 5.91 Å². The van der Waals surface area contributed by atoms with Crippen molar-refractivity contribution in [1.82, 2.24) is 0 Å². The normalized spacial score (nSPS) is 11.2. The second-order valence-electron chi connectivity index (χ2n) is 4.90. The Morgan fingerprint density at radius 3 is 2.68 bits per heavy atom. The highest BCUT2D eigenvalue weighted by Crippen LogP contribution is 2.23. The molecule has 1 aromatic heterocycles. The zero-order valence-corrected chi connectivity index (χ0v) is 12.7. The van der Waals surface area contributed by atoms with Crippen molar-refractivity contribution < 1.29 is 9.21 Å². The number of para-hydroxylation sites is 1. The molecule has 2 aromatic carbocycles. The van der Waals surface area contributed by atoms with Crippen LogP contribution in [-0.2, 0) is 4.79 Å². The molecular formula is C18H14ClNO2. The molecule has 0 spiro atoms. The van der Waals surface area contributed by atoms with Crippen LogP contribution in [0.1, 0.15) is 5.76 Å². The fourth-order valence-corrected chi connectivity index (χ4v) is 2.34. The van der Waals surface area contributed by atoms with E-state index in [4.69, 9.17) is 16.0 Å². The molecule has 0 aliphatic rings. The van der Waals surface area contributed by atoms with E-state index in [9.17, 15) is 4.79 Å². The molecule has 0 fully saturated rings. The van der Waals surface area contributed by atoms with Gasteiger partial charge in [0.1, 0.15) is 11.3 Å². The number of furan rings is 1. The highest BCUT2D eigenvalue weighted by Gasteiger charge is 2.07. The molecule has 1 amide bonds. The van der Waals surface area contributed by atoms with Gasteiger partial charge in [-0.15, -0.1) is 0 Å². The van der Waals surface area contributed by atoms with Crippen molar-refractivity contribution in [2.45, 2.75) is 0 Å². The van der Waals surface area contributed by atoms with E-state index < -0.39 is 0 Å². The summed E-state index contributed by atoms with van der Waals surface area (Å²) < 4.78 is 5.64. The van der Waals surface area contributed by atoms with Crippen molar-refractivity contribution >= 4 is 40.2 Å². The Bertz CT molecular complexity index is 837. The second-order valence-corrected chi connectivity index (χ2v) is 5.33. The molecule has 3 rings (SSSR count). The minimum absolute atomic E-state index is 0.121. The van der Waals surface area contributed by atoms with E-state index in [0.717, 1.165) is 16.7 Å². The maximum absolute atomic E-state index is 12.2. The van der Waals surface area contributed by atoms with Gasteiger partial charge in [0.25, 0.3) is 5.91 Å². The third-order valence-corrected chi connectivity index (χ3v) is 3.60. The summed E-state index contributed by atoms with van der Waals surface area (Å²) in [5, 5.41) is 1.57. The molecule has 4 heteroatoms. The van der Waals surface area contributed by atoms with Gasteiger partial charge in [-0.3, -0.25) is 4.79 Å². The van der Waals surface area contributed by atoms with E-state index in [2.05, 4.69) is 0 Å². The Hall–Kier alpha value is -2.52. The van der Waals surface area contributed by atoms with E-state index in [1.807, 2.05) is 48.5 Å². The largest absolute Gasteiger partial charge is 0.457 e. The van der Waals surface area contributed by atoms with E-state index in [0.29, 0.717) is 10.8 Å². The second kappa shape index (κ2) is 6.08. The zero-order chi connectivity index (χ0) is 15.5. The molecule has 0 saturated carbocycles.